The average Bonchev–Trinajstić information content (AvgIpc) is 2.92. The van der Waals surface area contributed by atoms with Gasteiger partial charge in [-0.1, -0.05) is 6.07 Å². The fraction of sp³-hybridized carbons (Fsp3) is 0.667. The van der Waals surface area contributed by atoms with Crippen molar-refractivity contribution in [2.45, 2.75) is 38.1 Å². The summed E-state index contributed by atoms with van der Waals surface area (Å²) in [6.07, 6.45) is 8.09. The fourth-order valence-electron chi connectivity index (χ4n) is 3.08. The van der Waals surface area contributed by atoms with Crippen molar-refractivity contribution in [3.05, 3.63) is 29.6 Å². The van der Waals surface area contributed by atoms with Crippen LogP contribution in [0.3, 0.4) is 0 Å². The van der Waals surface area contributed by atoms with E-state index in [0.29, 0.717) is 6.04 Å². The van der Waals surface area contributed by atoms with Gasteiger partial charge in [0.2, 0.25) is 0 Å². The van der Waals surface area contributed by atoms with Gasteiger partial charge in [0.1, 0.15) is 0 Å². The van der Waals surface area contributed by atoms with Gasteiger partial charge in [-0.15, -0.1) is 0 Å². The summed E-state index contributed by atoms with van der Waals surface area (Å²) < 4.78 is 5.42. The van der Waals surface area contributed by atoms with Crippen LogP contribution in [0.2, 0.25) is 0 Å². The molecule has 1 aromatic heterocycles. The highest BCUT2D eigenvalue weighted by atomic mass is 16.5. The van der Waals surface area contributed by atoms with Gasteiger partial charge in [-0.3, -0.25) is 4.98 Å². The molecule has 0 aromatic carbocycles. The van der Waals surface area contributed by atoms with Crippen molar-refractivity contribution in [3.8, 4) is 0 Å². The lowest BCUT2D eigenvalue weighted by Crippen LogP contribution is -2.28. The normalized spacial score (nSPS) is 27.1. The molecule has 1 aliphatic heterocycles. The van der Waals surface area contributed by atoms with E-state index in [0.717, 1.165) is 25.7 Å². The first-order chi connectivity index (χ1) is 8.93. The summed E-state index contributed by atoms with van der Waals surface area (Å²) in [5.41, 5.74) is 2.72. The summed E-state index contributed by atoms with van der Waals surface area (Å²) in [6, 6.07) is 4.75. The van der Waals surface area contributed by atoms with Gasteiger partial charge in [0.15, 0.2) is 0 Å². The number of aryl methyl sites for hydroxylation is 1. The van der Waals surface area contributed by atoms with Gasteiger partial charge in [-0.25, -0.2) is 0 Å². The molecule has 3 rings (SSSR count). The van der Waals surface area contributed by atoms with Crippen LogP contribution in [0.15, 0.2) is 18.3 Å². The van der Waals surface area contributed by atoms with Gasteiger partial charge in [-0.2, -0.15) is 0 Å². The highest BCUT2D eigenvalue weighted by Gasteiger charge is 2.21. The average molecular weight is 246 g/mol. The molecule has 3 nitrogen and oxygen atoms in total. The van der Waals surface area contributed by atoms with Crippen LogP contribution in [0.5, 0.6) is 0 Å². The fourth-order valence-corrected chi connectivity index (χ4v) is 3.08. The van der Waals surface area contributed by atoms with Crippen molar-refractivity contribution in [3.63, 3.8) is 0 Å². The first kappa shape index (κ1) is 12.1. The minimum Gasteiger partial charge on any atom is -0.381 e. The minimum absolute atomic E-state index is 0.470. The van der Waals surface area contributed by atoms with Gasteiger partial charge in [-0.05, 0) is 56.2 Å². The van der Waals surface area contributed by atoms with Gasteiger partial charge in [0, 0.05) is 25.5 Å². The first-order valence-corrected chi connectivity index (χ1v) is 7.18. The predicted molar refractivity (Wildman–Crippen MR) is 71.5 cm³/mol. The Morgan fingerprint density at radius 3 is 3.28 bits per heavy atom. The second kappa shape index (κ2) is 5.81. The first-order valence-electron chi connectivity index (χ1n) is 7.18. The molecule has 0 bridgehead atoms. The second-order valence-corrected chi connectivity index (χ2v) is 5.46. The number of aromatic nitrogens is 1. The van der Waals surface area contributed by atoms with E-state index in [-0.39, 0.29) is 0 Å². The lowest BCUT2D eigenvalue weighted by Gasteiger charge is -2.25. The molecular weight excluding hydrogens is 224 g/mol. The van der Waals surface area contributed by atoms with Crippen molar-refractivity contribution in [2.75, 3.05) is 19.8 Å². The molecular formula is C15H22N2O. The summed E-state index contributed by atoms with van der Waals surface area (Å²) in [5.74, 6) is 0.768. The monoisotopic (exact) mass is 246 g/mol. The Bertz CT molecular complexity index is 388. The van der Waals surface area contributed by atoms with Crippen molar-refractivity contribution in [1.82, 2.24) is 10.3 Å². The van der Waals surface area contributed by atoms with Crippen LogP contribution in [-0.2, 0) is 11.2 Å². The molecule has 3 heteroatoms. The molecule has 0 radical (unpaired) electrons. The van der Waals surface area contributed by atoms with Crippen LogP contribution in [-0.4, -0.2) is 24.7 Å². The smallest absolute Gasteiger partial charge is 0.0605 e. The van der Waals surface area contributed by atoms with Crippen LogP contribution in [0, 0.1) is 5.92 Å². The molecule has 2 heterocycles. The Hall–Kier alpha value is -0.930. The summed E-state index contributed by atoms with van der Waals surface area (Å²) in [4.78, 5) is 4.56. The van der Waals surface area contributed by atoms with E-state index in [4.69, 9.17) is 4.74 Å². The van der Waals surface area contributed by atoms with Crippen molar-refractivity contribution in [2.24, 2.45) is 5.92 Å². The lowest BCUT2D eigenvalue weighted by molar-refractivity contribution is 0.184. The van der Waals surface area contributed by atoms with Gasteiger partial charge in [0.05, 0.1) is 5.69 Å². The third-order valence-corrected chi connectivity index (χ3v) is 4.16. The van der Waals surface area contributed by atoms with E-state index in [9.17, 15) is 0 Å². The van der Waals surface area contributed by atoms with Crippen molar-refractivity contribution >= 4 is 0 Å². The lowest BCUT2D eigenvalue weighted by atomic mass is 9.91. The van der Waals surface area contributed by atoms with E-state index < -0.39 is 0 Å². The molecule has 0 spiro atoms. The molecule has 2 atom stereocenters. The zero-order chi connectivity index (χ0) is 12.2. The molecule has 1 saturated heterocycles. The zero-order valence-electron chi connectivity index (χ0n) is 10.9. The molecule has 2 unspecified atom stereocenters. The summed E-state index contributed by atoms with van der Waals surface area (Å²) in [6.45, 7) is 3.01. The Morgan fingerprint density at radius 1 is 1.39 bits per heavy atom. The molecule has 1 aromatic rings. The van der Waals surface area contributed by atoms with E-state index in [1.54, 1.807) is 0 Å². The Labute approximate surface area is 109 Å². The van der Waals surface area contributed by atoms with E-state index in [2.05, 4.69) is 22.4 Å². The maximum atomic E-state index is 5.42. The molecule has 1 N–H and O–H groups in total. The summed E-state index contributed by atoms with van der Waals surface area (Å²) >= 11 is 0. The maximum absolute atomic E-state index is 5.42. The Balaban J connectivity index is 1.54. The number of fused-ring (bicyclic) bond motifs is 1. The highest BCUT2D eigenvalue weighted by molar-refractivity contribution is 5.25. The van der Waals surface area contributed by atoms with Crippen molar-refractivity contribution < 1.29 is 4.74 Å². The van der Waals surface area contributed by atoms with Crippen LogP contribution in [0.25, 0.3) is 0 Å². The van der Waals surface area contributed by atoms with E-state index in [1.165, 1.54) is 43.4 Å². The number of pyridine rings is 1. The van der Waals surface area contributed by atoms with E-state index >= 15 is 0 Å². The van der Waals surface area contributed by atoms with Crippen LogP contribution in [0.4, 0.5) is 0 Å². The SMILES string of the molecule is c1cnc2c(c1)CCCC2NCCC1CCOC1. The number of ether oxygens (including phenoxy) is 1. The van der Waals surface area contributed by atoms with Gasteiger partial charge >= 0.3 is 0 Å². The number of nitrogens with zero attached hydrogens (tertiary/aromatic N) is 1. The third-order valence-electron chi connectivity index (χ3n) is 4.16. The molecule has 0 saturated carbocycles. The maximum Gasteiger partial charge on any atom is 0.0605 e. The quantitative estimate of drug-likeness (QED) is 0.886. The number of hydrogen-bond acceptors (Lipinski definition) is 3. The largest absolute Gasteiger partial charge is 0.381 e. The standard InChI is InChI=1S/C15H22N2O/c1-3-13-4-2-8-17-15(13)14(5-1)16-9-6-12-7-10-18-11-12/h2,4,8,12,14,16H,1,3,5-7,9-11H2. The predicted octanol–water partition coefficient (Wildman–Crippen LogP) is 2.48. The minimum atomic E-state index is 0.470. The Kier molecular flexibility index (Phi) is 3.91. The van der Waals surface area contributed by atoms with Crippen LogP contribution < -0.4 is 5.32 Å². The summed E-state index contributed by atoms with van der Waals surface area (Å²) in [7, 11) is 0. The molecule has 2 aliphatic rings. The molecule has 1 fully saturated rings. The second-order valence-electron chi connectivity index (χ2n) is 5.46. The van der Waals surface area contributed by atoms with Crippen LogP contribution >= 0.6 is 0 Å². The molecule has 18 heavy (non-hydrogen) atoms. The number of hydrogen-bond donors (Lipinski definition) is 1. The number of nitrogens with one attached hydrogen (secondary N) is 1. The van der Waals surface area contributed by atoms with Crippen LogP contribution in [0.1, 0.15) is 43.0 Å². The van der Waals surface area contributed by atoms with Gasteiger partial charge < -0.3 is 10.1 Å². The third kappa shape index (κ3) is 2.73. The summed E-state index contributed by atoms with van der Waals surface area (Å²) in [5, 5.41) is 3.69. The molecule has 0 amide bonds. The zero-order valence-corrected chi connectivity index (χ0v) is 10.9. The topological polar surface area (TPSA) is 34.2 Å². The van der Waals surface area contributed by atoms with Crippen molar-refractivity contribution in [1.29, 1.82) is 0 Å². The highest BCUT2D eigenvalue weighted by Crippen LogP contribution is 2.27. The van der Waals surface area contributed by atoms with E-state index in [1.807, 2.05) is 6.20 Å². The Morgan fingerprint density at radius 2 is 2.39 bits per heavy atom. The van der Waals surface area contributed by atoms with Gasteiger partial charge in [0.25, 0.3) is 0 Å². The number of rotatable bonds is 4. The molecule has 98 valence electrons. The molecule has 1 aliphatic carbocycles.